The molecular formula is C20H27N3O2. The van der Waals surface area contributed by atoms with Crippen LogP contribution in [0.15, 0.2) is 47.1 Å². The van der Waals surface area contributed by atoms with E-state index in [4.69, 9.17) is 4.42 Å². The van der Waals surface area contributed by atoms with Gasteiger partial charge < -0.3 is 15.1 Å². The summed E-state index contributed by atoms with van der Waals surface area (Å²) in [6.45, 7) is 6.76. The number of carbonyl (C=O) groups excluding carboxylic acids is 1. The summed E-state index contributed by atoms with van der Waals surface area (Å²) in [6, 6.07) is 12.5. The number of nitrogens with zero attached hydrogens (tertiary/aromatic N) is 1. The Bertz CT molecular complexity index is 678. The number of benzene rings is 1. The zero-order valence-corrected chi connectivity index (χ0v) is 15.0. The summed E-state index contributed by atoms with van der Waals surface area (Å²) in [6.07, 6.45) is 4.26. The van der Waals surface area contributed by atoms with Crippen molar-refractivity contribution in [3.05, 3.63) is 54.0 Å². The molecule has 2 aromatic rings. The van der Waals surface area contributed by atoms with Crippen molar-refractivity contribution in [3.63, 3.8) is 0 Å². The van der Waals surface area contributed by atoms with Crippen LogP contribution < -0.4 is 10.6 Å². The van der Waals surface area contributed by atoms with Gasteiger partial charge in [0.1, 0.15) is 5.76 Å². The zero-order chi connectivity index (χ0) is 17.6. The van der Waals surface area contributed by atoms with Crippen molar-refractivity contribution in [1.29, 1.82) is 0 Å². The van der Waals surface area contributed by atoms with Crippen LogP contribution in [0.5, 0.6) is 0 Å². The second-order valence-electron chi connectivity index (χ2n) is 6.71. The van der Waals surface area contributed by atoms with Gasteiger partial charge in [0.2, 0.25) is 5.91 Å². The predicted octanol–water partition coefficient (Wildman–Crippen LogP) is 3.73. The molecule has 1 fully saturated rings. The number of carbonyl (C=O) groups is 1. The highest BCUT2D eigenvalue weighted by Crippen LogP contribution is 2.26. The predicted molar refractivity (Wildman–Crippen MR) is 99.4 cm³/mol. The lowest BCUT2D eigenvalue weighted by Gasteiger charge is -2.27. The fraction of sp³-hybridized carbons (Fsp3) is 0.450. The van der Waals surface area contributed by atoms with Crippen molar-refractivity contribution in [1.82, 2.24) is 10.2 Å². The van der Waals surface area contributed by atoms with Crippen LogP contribution in [0, 0.1) is 0 Å². The first-order valence-corrected chi connectivity index (χ1v) is 9.02. The van der Waals surface area contributed by atoms with Crippen LogP contribution in [0.4, 0.5) is 5.69 Å². The Hall–Kier alpha value is -2.11. The van der Waals surface area contributed by atoms with Crippen molar-refractivity contribution in [2.75, 3.05) is 25.0 Å². The summed E-state index contributed by atoms with van der Waals surface area (Å²) in [5.41, 5.74) is 1.99. The highest BCUT2D eigenvalue weighted by Gasteiger charge is 2.25. The van der Waals surface area contributed by atoms with E-state index < -0.39 is 0 Å². The molecule has 0 radical (unpaired) electrons. The molecule has 1 aliphatic heterocycles. The summed E-state index contributed by atoms with van der Waals surface area (Å²) >= 11 is 0. The highest BCUT2D eigenvalue weighted by molar-refractivity contribution is 5.88. The molecule has 2 heterocycles. The minimum Gasteiger partial charge on any atom is -0.468 e. The fourth-order valence-electron chi connectivity index (χ4n) is 3.44. The minimum absolute atomic E-state index is 0.0512. The van der Waals surface area contributed by atoms with Crippen LogP contribution in [0.2, 0.25) is 0 Å². The van der Waals surface area contributed by atoms with Gasteiger partial charge in [-0.3, -0.25) is 9.69 Å². The molecule has 1 saturated heterocycles. The van der Waals surface area contributed by atoms with E-state index in [-0.39, 0.29) is 18.0 Å². The molecule has 0 spiro atoms. The van der Waals surface area contributed by atoms with Gasteiger partial charge in [0, 0.05) is 25.2 Å². The molecule has 25 heavy (non-hydrogen) atoms. The molecule has 2 unspecified atom stereocenters. The number of hydrogen-bond acceptors (Lipinski definition) is 4. The average molecular weight is 341 g/mol. The molecule has 0 bridgehead atoms. The van der Waals surface area contributed by atoms with E-state index in [0.29, 0.717) is 0 Å². The Morgan fingerprint density at radius 2 is 2.04 bits per heavy atom. The van der Waals surface area contributed by atoms with E-state index in [1.807, 2.05) is 24.3 Å². The van der Waals surface area contributed by atoms with Gasteiger partial charge in [-0.25, -0.2) is 0 Å². The molecule has 0 aliphatic carbocycles. The Morgan fingerprint density at radius 3 is 2.72 bits per heavy atom. The van der Waals surface area contributed by atoms with Gasteiger partial charge >= 0.3 is 0 Å². The lowest BCUT2D eigenvalue weighted by molar-refractivity contribution is -0.114. The van der Waals surface area contributed by atoms with Crippen LogP contribution in [0.1, 0.15) is 50.1 Å². The smallest absolute Gasteiger partial charge is 0.221 e. The van der Waals surface area contributed by atoms with Gasteiger partial charge in [-0.1, -0.05) is 12.1 Å². The van der Waals surface area contributed by atoms with Crippen molar-refractivity contribution >= 4 is 11.6 Å². The Kier molecular flexibility index (Phi) is 5.89. The third-order valence-electron chi connectivity index (χ3n) is 4.78. The lowest BCUT2D eigenvalue weighted by atomic mass is 10.1. The van der Waals surface area contributed by atoms with E-state index in [1.54, 1.807) is 6.26 Å². The van der Waals surface area contributed by atoms with Crippen LogP contribution >= 0.6 is 0 Å². The topological polar surface area (TPSA) is 57.5 Å². The zero-order valence-electron chi connectivity index (χ0n) is 15.0. The van der Waals surface area contributed by atoms with E-state index in [1.165, 1.54) is 19.8 Å². The Labute approximate surface area is 149 Å². The molecule has 134 valence electrons. The number of likely N-dealkylation sites (tertiary alicyclic amines) is 1. The summed E-state index contributed by atoms with van der Waals surface area (Å²) in [7, 11) is 0. The number of anilines is 1. The Morgan fingerprint density at radius 1 is 1.24 bits per heavy atom. The second kappa shape index (κ2) is 8.32. The van der Waals surface area contributed by atoms with E-state index in [2.05, 4.69) is 34.6 Å². The molecule has 3 rings (SSSR count). The lowest BCUT2D eigenvalue weighted by Crippen LogP contribution is -2.35. The number of furan rings is 1. The van der Waals surface area contributed by atoms with E-state index in [9.17, 15) is 4.79 Å². The van der Waals surface area contributed by atoms with Gasteiger partial charge in [-0.2, -0.15) is 0 Å². The SMILES string of the molecule is CC(=O)Nc1cccc(C(C)NCC(c2ccco2)N2CCCC2)c1. The molecule has 5 heteroatoms. The molecule has 5 nitrogen and oxygen atoms in total. The standard InChI is InChI=1S/C20H27N3O2/c1-15(17-7-5-8-18(13-17)22-16(2)24)21-14-19(20-9-6-12-25-20)23-10-3-4-11-23/h5-9,12-13,15,19,21H,3-4,10-11,14H2,1-2H3,(H,22,24). The summed E-state index contributed by atoms with van der Waals surface area (Å²) in [5, 5.41) is 6.47. The number of nitrogens with one attached hydrogen (secondary N) is 2. The molecule has 1 aromatic heterocycles. The van der Waals surface area contributed by atoms with Crippen LogP contribution in [-0.4, -0.2) is 30.4 Å². The van der Waals surface area contributed by atoms with Gasteiger partial charge in [0.25, 0.3) is 0 Å². The normalized spacial score (nSPS) is 17.4. The number of hydrogen-bond donors (Lipinski definition) is 2. The summed E-state index contributed by atoms with van der Waals surface area (Å²) in [5.74, 6) is 0.971. The summed E-state index contributed by atoms with van der Waals surface area (Å²) in [4.78, 5) is 13.7. The molecular weight excluding hydrogens is 314 g/mol. The first-order chi connectivity index (χ1) is 12.1. The van der Waals surface area contributed by atoms with Crippen molar-refractivity contribution in [2.45, 2.75) is 38.8 Å². The summed E-state index contributed by atoms with van der Waals surface area (Å²) < 4.78 is 5.68. The fourth-order valence-corrected chi connectivity index (χ4v) is 3.44. The Balaban J connectivity index is 1.65. The molecule has 1 aromatic carbocycles. The average Bonchev–Trinajstić information content (AvgIpc) is 3.29. The van der Waals surface area contributed by atoms with Crippen molar-refractivity contribution in [3.8, 4) is 0 Å². The van der Waals surface area contributed by atoms with Crippen molar-refractivity contribution in [2.24, 2.45) is 0 Å². The largest absolute Gasteiger partial charge is 0.468 e. The molecule has 1 amide bonds. The maximum Gasteiger partial charge on any atom is 0.221 e. The van der Waals surface area contributed by atoms with E-state index >= 15 is 0 Å². The van der Waals surface area contributed by atoms with Crippen LogP contribution in [0.25, 0.3) is 0 Å². The van der Waals surface area contributed by atoms with Gasteiger partial charge in [-0.05, 0) is 62.7 Å². The quantitative estimate of drug-likeness (QED) is 0.806. The third-order valence-corrected chi connectivity index (χ3v) is 4.78. The van der Waals surface area contributed by atoms with Crippen LogP contribution in [-0.2, 0) is 4.79 Å². The molecule has 2 N–H and O–H groups in total. The number of amides is 1. The van der Waals surface area contributed by atoms with Crippen molar-refractivity contribution < 1.29 is 9.21 Å². The molecule has 1 aliphatic rings. The van der Waals surface area contributed by atoms with Crippen LogP contribution in [0.3, 0.4) is 0 Å². The minimum atomic E-state index is -0.0512. The second-order valence-corrected chi connectivity index (χ2v) is 6.71. The number of rotatable bonds is 7. The van der Waals surface area contributed by atoms with Gasteiger partial charge in [0.15, 0.2) is 0 Å². The highest BCUT2D eigenvalue weighted by atomic mass is 16.3. The van der Waals surface area contributed by atoms with Gasteiger partial charge in [-0.15, -0.1) is 0 Å². The first-order valence-electron chi connectivity index (χ1n) is 9.02. The first kappa shape index (κ1) is 17.7. The van der Waals surface area contributed by atoms with E-state index in [0.717, 1.165) is 36.6 Å². The maximum absolute atomic E-state index is 11.2. The monoisotopic (exact) mass is 341 g/mol. The van der Waals surface area contributed by atoms with Gasteiger partial charge in [0.05, 0.1) is 12.3 Å². The molecule has 0 saturated carbocycles. The third kappa shape index (κ3) is 4.71. The maximum atomic E-state index is 11.2. The molecule has 2 atom stereocenters.